The maximum absolute atomic E-state index is 13.4. The molecule has 32 heavy (non-hydrogen) atoms. The lowest BCUT2D eigenvalue weighted by atomic mass is 10.0. The van der Waals surface area contributed by atoms with E-state index >= 15 is 0 Å². The largest absolute Gasteiger partial charge is 0.493 e. The maximum atomic E-state index is 13.4. The Morgan fingerprint density at radius 2 is 1.72 bits per heavy atom. The van der Waals surface area contributed by atoms with Crippen LogP contribution >= 0.6 is 11.6 Å². The van der Waals surface area contributed by atoms with Crippen molar-refractivity contribution in [3.8, 4) is 29.1 Å². The Labute approximate surface area is 191 Å². The molecule has 0 bridgehead atoms. The normalized spacial score (nSPS) is 10.9. The second kappa shape index (κ2) is 10.6. The van der Waals surface area contributed by atoms with Gasteiger partial charge in [0.1, 0.15) is 12.4 Å². The number of hydrogen-bond donors (Lipinski definition) is 0. The van der Waals surface area contributed by atoms with Gasteiger partial charge in [-0.05, 0) is 65.2 Å². The summed E-state index contributed by atoms with van der Waals surface area (Å²) in [7, 11) is 4.57. The van der Waals surface area contributed by atoms with Gasteiger partial charge in [0.2, 0.25) is 0 Å². The van der Waals surface area contributed by atoms with E-state index in [4.69, 9.17) is 30.5 Å². The first-order chi connectivity index (χ1) is 15.5. The molecule has 3 rings (SSSR count). The second-order valence-corrected chi connectivity index (χ2v) is 7.10. The van der Waals surface area contributed by atoms with E-state index in [2.05, 4.69) is 6.07 Å². The Morgan fingerprint density at radius 1 is 0.969 bits per heavy atom. The molecule has 0 aromatic heterocycles. The van der Waals surface area contributed by atoms with Crippen molar-refractivity contribution < 1.29 is 23.3 Å². The Balaban J connectivity index is 1.91. The molecule has 0 amide bonds. The van der Waals surface area contributed by atoms with Crippen LogP contribution < -0.4 is 18.9 Å². The molecule has 0 aliphatic carbocycles. The predicted molar refractivity (Wildman–Crippen MR) is 122 cm³/mol. The van der Waals surface area contributed by atoms with Crippen molar-refractivity contribution >= 4 is 23.3 Å². The SMILES string of the molecule is COc1ccc(/C(C#N)=C/c2cc(Cl)c(OCc3cccc(F)c3)c(OC)c2)cc1OC. The fourth-order valence-corrected chi connectivity index (χ4v) is 3.37. The second-order valence-electron chi connectivity index (χ2n) is 6.69. The Hall–Kier alpha value is -3.69. The van der Waals surface area contributed by atoms with Crippen molar-refractivity contribution in [2.45, 2.75) is 6.61 Å². The highest BCUT2D eigenvalue weighted by Gasteiger charge is 2.14. The number of nitrogens with zero attached hydrogens (tertiary/aromatic N) is 1. The minimum absolute atomic E-state index is 0.123. The summed E-state index contributed by atoms with van der Waals surface area (Å²) in [4.78, 5) is 0. The third-order valence-electron chi connectivity index (χ3n) is 4.65. The summed E-state index contributed by atoms with van der Waals surface area (Å²) < 4.78 is 35.2. The molecule has 0 atom stereocenters. The third-order valence-corrected chi connectivity index (χ3v) is 4.93. The zero-order valence-corrected chi connectivity index (χ0v) is 18.6. The molecule has 0 spiro atoms. The minimum atomic E-state index is -0.344. The van der Waals surface area contributed by atoms with Gasteiger partial charge in [-0.15, -0.1) is 0 Å². The number of allylic oxidation sites excluding steroid dienone is 1. The quantitative estimate of drug-likeness (QED) is 0.302. The van der Waals surface area contributed by atoms with Crippen molar-refractivity contribution in [1.82, 2.24) is 0 Å². The van der Waals surface area contributed by atoms with Crippen LogP contribution in [-0.2, 0) is 6.61 Å². The fraction of sp³-hybridized carbons (Fsp3) is 0.160. The van der Waals surface area contributed by atoms with Crippen molar-refractivity contribution in [1.29, 1.82) is 5.26 Å². The topological polar surface area (TPSA) is 60.7 Å². The molecule has 0 heterocycles. The van der Waals surface area contributed by atoms with E-state index in [0.29, 0.717) is 50.3 Å². The smallest absolute Gasteiger partial charge is 0.180 e. The van der Waals surface area contributed by atoms with Crippen LogP contribution in [0.3, 0.4) is 0 Å². The van der Waals surface area contributed by atoms with Gasteiger partial charge in [-0.2, -0.15) is 5.26 Å². The van der Waals surface area contributed by atoms with E-state index < -0.39 is 0 Å². The Bertz CT molecular complexity index is 1190. The standard InChI is InChI=1S/C25H21ClFNO4/c1-29-22-8-7-18(13-23(22)30-2)19(14-28)9-17-11-21(26)25(24(12-17)31-3)32-15-16-5-4-6-20(27)10-16/h4-13H,15H2,1-3H3/b19-9+. The number of halogens is 2. The number of rotatable bonds is 8. The highest BCUT2D eigenvalue weighted by molar-refractivity contribution is 6.32. The lowest BCUT2D eigenvalue weighted by molar-refractivity contribution is 0.284. The van der Waals surface area contributed by atoms with Crippen LogP contribution in [0, 0.1) is 17.1 Å². The van der Waals surface area contributed by atoms with Gasteiger partial charge in [-0.3, -0.25) is 0 Å². The molecular formula is C25H21ClFNO4. The molecule has 0 saturated carbocycles. The molecule has 3 aromatic rings. The van der Waals surface area contributed by atoms with Crippen molar-refractivity contribution in [3.63, 3.8) is 0 Å². The third kappa shape index (κ3) is 5.32. The number of hydrogen-bond acceptors (Lipinski definition) is 5. The zero-order chi connectivity index (χ0) is 23.1. The Morgan fingerprint density at radius 3 is 2.38 bits per heavy atom. The van der Waals surface area contributed by atoms with Crippen LogP contribution in [0.5, 0.6) is 23.0 Å². The van der Waals surface area contributed by atoms with E-state index in [1.807, 2.05) is 0 Å². The number of methoxy groups -OCH3 is 3. The predicted octanol–water partition coefficient (Wildman–Crippen LogP) is 6.15. The first-order valence-electron chi connectivity index (χ1n) is 9.58. The van der Waals surface area contributed by atoms with Crippen molar-refractivity contribution in [2.75, 3.05) is 21.3 Å². The van der Waals surface area contributed by atoms with Crippen LogP contribution in [0.25, 0.3) is 11.6 Å². The first-order valence-corrected chi connectivity index (χ1v) is 9.95. The molecule has 0 aliphatic heterocycles. The van der Waals surface area contributed by atoms with E-state index in [0.717, 1.165) is 0 Å². The summed E-state index contributed by atoms with van der Waals surface area (Å²) in [5, 5.41) is 10.0. The number of nitriles is 1. The van der Waals surface area contributed by atoms with Crippen LogP contribution in [0.2, 0.25) is 5.02 Å². The van der Waals surface area contributed by atoms with Gasteiger partial charge in [0, 0.05) is 0 Å². The fourth-order valence-electron chi connectivity index (χ4n) is 3.10. The summed E-state index contributed by atoms with van der Waals surface area (Å²) in [6.45, 7) is 0.123. The molecule has 3 aromatic carbocycles. The van der Waals surface area contributed by atoms with Crippen LogP contribution in [0.1, 0.15) is 16.7 Å². The maximum Gasteiger partial charge on any atom is 0.180 e. The minimum Gasteiger partial charge on any atom is -0.493 e. The summed E-state index contributed by atoms with van der Waals surface area (Å²) >= 11 is 6.44. The van der Waals surface area contributed by atoms with Gasteiger partial charge < -0.3 is 18.9 Å². The number of ether oxygens (including phenoxy) is 4. The molecule has 0 fully saturated rings. The van der Waals surface area contributed by atoms with E-state index in [1.165, 1.54) is 26.4 Å². The van der Waals surface area contributed by atoms with E-state index in [9.17, 15) is 9.65 Å². The molecular weight excluding hydrogens is 433 g/mol. The summed E-state index contributed by atoms with van der Waals surface area (Å²) in [6, 6.07) is 16.9. The van der Waals surface area contributed by atoms with Crippen LogP contribution in [-0.4, -0.2) is 21.3 Å². The molecule has 0 N–H and O–H groups in total. The average Bonchev–Trinajstić information content (AvgIpc) is 2.81. The molecule has 0 saturated heterocycles. The lowest BCUT2D eigenvalue weighted by Gasteiger charge is -2.14. The number of benzene rings is 3. The first kappa shape index (κ1) is 23.0. The highest BCUT2D eigenvalue weighted by Crippen LogP contribution is 2.38. The monoisotopic (exact) mass is 453 g/mol. The van der Waals surface area contributed by atoms with Gasteiger partial charge in [-0.1, -0.05) is 23.7 Å². The molecule has 0 radical (unpaired) electrons. The highest BCUT2D eigenvalue weighted by atomic mass is 35.5. The van der Waals surface area contributed by atoms with Gasteiger partial charge in [0.05, 0.1) is 38.0 Å². The van der Waals surface area contributed by atoms with Crippen molar-refractivity contribution in [2.24, 2.45) is 0 Å². The Kier molecular flexibility index (Phi) is 7.58. The molecule has 164 valence electrons. The molecule has 5 nitrogen and oxygen atoms in total. The molecule has 0 unspecified atom stereocenters. The lowest BCUT2D eigenvalue weighted by Crippen LogP contribution is -1.99. The summed E-state index contributed by atoms with van der Waals surface area (Å²) in [5.74, 6) is 1.47. The van der Waals surface area contributed by atoms with E-state index in [1.54, 1.807) is 55.7 Å². The van der Waals surface area contributed by atoms with Crippen LogP contribution in [0.4, 0.5) is 4.39 Å². The average molecular weight is 454 g/mol. The molecule has 0 aliphatic rings. The van der Waals surface area contributed by atoms with Gasteiger partial charge in [-0.25, -0.2) is 4.39 Å². The van der Waals surface area contributed by atoms with E-state index in [-0.39, 0.29) is 12.4 Å². The van der Waals surface area contributed by atoms with Crippen molar-refractivity contribution in [3.05, 3.63) is 82.1 Å². The summed E-state index contributed by atoms with van der Waals surface area (Å²) in [6.07, 6.45) is 1.69. The molecule has 7 heteroatoms. The summed E-state index contributed by atoms with van der Waals surface area (Å²) in [5.41, 5.74) is 2.37. The van der Waals surface area contributed by atoms with Gasteiger partial charge in [0.25, 0.3) is 0 Å². The van der Waals surface area contributed by atoms with Gasteiger partial charge >= 0.3 is 0 Å². The van der Waals surface area contributed by atoms with Crippen LogP contribution in [0.15, 0.2) is 54.6 Å². The zero-order valence-electron chi connectivity index (χ0n) is 17.8. The van der Waals surface area contributed by atoms with Gasteiger partial charge in [0.15, 0.2) is 23.0 Å².